The molecule has 0 radical (unpaired) electrons. The van der Waals surface area contributed by atoms with Crippen molar-refractivity contribution in [3.8, 4) is 0 Å². The molecule has 1 fully saturated rings. The van der Waals surface area contributed by atoms with E-state index >= 15 is 0 Å². The van der Waals surface area contributed by atoms with E-state index in [2.05, 4.69) is 0 Å². The van der Waals surface area contributed by atoms with Gasteiger partial charge in [0.1, 0.15) is 12.0 Å². The van der Waals surface area contributed by atoms with Crippen molar-refractivity contribution in [3.05, 3.63) is 0 Å². The average Bonchev–Trinajstić information content (AvgIpc) is 2.67. The first-order valence-corrected chi connectivity index (χ1v) is 6.47. The molecule has 0 unspecified atom stereocenters. The summed E-state index contributed by atoms with van der Waals surface area (Å²) in [6, 6.07) is 0. The molecule has 0 saturated carbocycles. The third kappa shape index (κ3) is 3.24. The molecule has 0 spiro atoms. The van der Waals surface area contributed by atoms with Crippen molar-refractivity contribution in [1.29, 1.82) is 0 Å². The molecule has 0 N–H and O–H groups in total. The van der Waals surface area contributed by atoms with Gasteiger partial charge in [-0.05, 0) is 19.8 Å². The van der Waals surface area contributed by atoms with Crippen LogP contribution in [0.15, 0.2) is 0 Å². The van der Waals surface area contributed by atoms with Gasteiger partial charge in [-0.1, -0.05) is 13.8 Å². The third-order valence-corrected chi connectivity index (χ3v) is 2.98. The van der Waals surface area contributed by atoms with Crippen molar-refractivity contribution in [1.82, 2.24) is 0 Å². The van der Waals surface area contributed by atoms with Crippen LogP contribution in [0.3, 0.4) is 0 Å². The number of rotatable bonds is 5. The Kier molecular flexibility index (Phi) is 5.32. The summed E-state index contributed by atoms with van der Waals surface area (Å²) >= 11 is 0. The highest BCUT2D eigenvalue weighted by Crippen LogP contribution is 2.34. The quantitative estimate of drug-likeness (QED) is 0.421. The highest BCUT2D eigenvalue weighted by Gasteiger charge is 2.55. The fourth-order valence-electron chi connectivity index (χ4n) is 2.15. The number of carbonyl (C=O) groups excluding carboxylic acids is 3. The minimum atomic E-state index is -1.22. The van der Waals surface area contributed by atoms with Gasteiger partial charge in [0.15, 0.2) is 5.92 Å². The molecule has 0 bridgehead atoms. The predicted octanol–water partition coefficient (Wildman–Crippen LogP) is 0.926. The number of cyclic esters (lactones) is 1. The molecule has 1 rings (SSSR count). The average molecular weight is 272 g/mol. The van der Waals surface area contributed by atoms with Crippen LogP contribution in [0.5, 0.6) is 0 Å². The summed E-state index contributed by atoms with van der Waals surface area (Å²) in [6.45, 7) is 7.26. The fraction of sp³-hybridized carbons (Fsp3) is 0.769. The Morgan fingerprint density at radius 2 is 1.68 bits per heavy atom. The van der Waals surface area contributed by atoms with E-state index in [1.54, 1.807) is 13.8 Å². The summed E-state index contributed by atoms with van der Waals surface area (Å²) in [7, 11) is 0. The van der Waals surface area contributed by atoms with E-state index in [1.165, 1.54) is 0 Å². The van der Waals surface area contributed by atoms with Gasteiger partial charge >= 0.3 is 17.9 Å². The number of esters is 3. The molecule has 1 saturated heterocycles. The lowest BCUT2D eigenvalue weighted by molar-refractivity contribution is -0.161. The summed E-state index contributed by atoms with van der Waals surface area (Å²) in [4.78, 5) is 35.6. The van der Waals surface area contributed by atoms with Gasteiger partial charge in [-0.2, -0.15) is 0 Å². The van der Waals surface area contributed by atoms with Crippen LogP contribution in [0.4, 0.5) is 0 Å². The Hall–Kier alpha value is -1.59. The lowest BCUT2D eigenvalue weighted by Gasteiger charge is -2.21. The van der Waals surface area contributed by atoms with E-state index in [0.717, 1.165) is 0 Å². The molecule has 1 aliphatic heterocycles. The van der Waals surface area contributed by atoms with Gasteiger partial charge in [-0.25, -0.2) is 0 Å². The summed E-state index contributed by atoms with van der Waals surface area (Å²) in [5.41, 5.74) is 0. The molecular formula is C13H20O6. The maximum absolute atomic E-state index is 12.0. The minimum absolute atomic E-state index is 0.0854. The Labute approximate surface area is 112 Å². The third-order valence-electron chi connectivity index (χ3n) is 2.98. The van der Waals surface area contributed by atoms with Crippen molar-refractivity contribution in [2.24, 2.45) is 17.8 Å². The van der Waals surface area contributed by atoms with Gasteiger partial charge in [0.05, 0.1) is 13.2 Å². The second kappa shape index (κ2) is 6.54. The monoisotopic (exact) mass is 272 g/mol. The minimum Gasteiger partial charge on any atom is -0.466 e. The second-order valence-corrected chi connectivity index (χ2v) is 4.65. The van der Waals surface area contributed by atoms with Gasteiger partial charge < -0.3 is 14.2 Å². The summed E-state index contributed by atoms with van der Waals surface area (Å²) in [5, 5.41) is 0. The van der Waals surface area contributed by atoms with E-state index in [9.17, 15) is 14.4 Å². The molecule has 0 amide bonds. The number of ether oxygens (including phenoxy) is 3. The Balaban J connectivity index is 3.00. The summed E-state index contributed by atoms with van der Waals surface area (Å²) in [5.74, 6) is -4.26. The van der Waals surface area contributed by atoms with Gasteiger partial charge in [0.2, 0.25) is 0 Å². The first kappa shape index (κ1) is 15.5. The molecule has 19 heavy (non-hydrogen) atoms. The van der Waals surface area contributed by atoms with Crippen LogP contribution in [0.25, 0.3) is 0 Å². The van der Waals surface area contributed by atoms with Gasteiger partial charge in [-0.3, -0.25) is 14.4 Å². The van der Waals surface area contributed by atoms with Crippen molar-refractivity contribution >= 4 is 17.9 Å². The molecule has 0 aromatic carbocycles. The highest BCUT2D eigenvalue weighted by molar-refractivity contribution is 6.01. The highest BCUT2D eigenvalue weighted by atomic mass is 16.6. The maximum Gasteiger partial charge on any atom is 0.321 e. The van der Waals surface area contributed by atoms with E-state index in [0.29, 0.717) is 0 Å². The zero-order valence-corrected chi connectivity index (χ0v) is 11.7. The topological polar surface area (TPSA) is 78.9 Å². The van der Waals surface area contributed by atoms with Crippen molar-refractivity contribution < 1.29 is 28.6 Å². The molecule has 108 valence electrons. The molecule has 3 atom stereocenters. The predicted molar refractivity (Wildman–Crippen MR) is 65.0 cm³/mol. The van der Waals surface area contributed by atoms with Crippen LogP contribution in [-0.4, -0.2) is 37.2 Å². The molecule has 1 heterocycles. The largest absolute Gasteiger partial charge is 0.466 e. The van der Waals surface area contributed by atoms with Crippen LogP contribution < -0.4 is 0 Å². The van der Waals surface area contributed by atoms with Crippen molar-refractivity contribution in [2.75, 3.05) is 13.2 Å². The normalized spacial score (nSPS) is 26.2. The number of hydrogen-bond acceptors (Lipinski definition) is 6. The van der Waals surface area contributed by atoms with Crippen LogP contribution in [-0.2, 0) is 28.6 Å². The number of carbonyl (C=O) groups is 3. The zero-order valence-electron chi connectivity index (χ0n) is 11.7. The molecule has 6 heteroatoms. The summed E-state index contributed by atoms with van der Waals surface area (Å²) in [6.07, 6.45) is -0.652. The number of hydrogen-bond donors (Lipinski definition) is 0. The van der Waals surface area contributed by atoms with E-state index < -0.39 is 35.8 Å². The second-order valence-electron chi connectivity index (χ2n) is 4.65. The molecule has 0 aliphatic carbocycles. The van der Waals surface area contributed by atoms with Crippen LogP contribution >= 0.6 is 0 Å². The van der Waals surface area contributed by atoms with Crippen LogP contribution in [0.1, 0.15) is 27.7 Å². The van der Waals surface area contributed by atoms with E-state index in [4.69, 9.17) is 14.2 Å². The lowest BCUT2D eigenvalue weighted by Crippen LogP contribution is -2.38. The molecule has 0 aromatic rings. The molecule has 1 aliphatic rings. The van der Waals surface area contributed by atoms with Crippen molar-refractivity contribution in [2.45, 2.75) is 33.8 Å². The van der Waals surface area contributed by atoms with Gasteiger partial charge in [-0.15, -0.1) is 0 Å². The van der Waals surface area contributed by atoms with E-state index in [1.807, 2.05) is 13.8 Å². The van der Waals surface area contributed by atoms with E-state index in [-0.39, 0.29) is 19.1 Å². The van der Waals surface area contributed by atoms with Gasteiger partial charge in [0.25, 0.3) is 0 Å². The van der Waals surface area contributed by atoms with Gasteiger partial charge in [0, 0.05) is 0 Å². The SMILES string of the molecule is CCOC(=O)[C@H]1C(=O)O[C@@H](C(C)C)[C@H]1C(=O)OCC. The Morgan fingerprint density at radius 3 is 2.16 bits per heavy atom. The Bertz CT molecular complexity index is 362. The smallest absolute Gasteiger partial charge is 0.321 e. The van der Waals surface area contributed by atoms with Crippen LogP contribution in [0, 0.1) is 17.8 Å². The molecule has 6 nitrogen and oxygen atoms in total. The Morgan fingerprint density at radius 1 is 1.16 bits per heavy atom. The first-order valence-electron chi connectivity index (χ1n) is 6.47. The fourth-order valence-corrected chi connectivity index (χ4v) is 2.15. The molecular weight excluding hydrogens is 252 g/mol. The first-order chi connectivity index (χ1) is 8.93. The maximum atomic E-state index is 12.0. The molecule has 0 aromatic heterocycles. The zero-order chi connectivity index (χ0) is 14.6. The standard InChI is InChI=1S/C13H20O6/c1-5-17-11(14)8-9(12(15)18-6-2)13(16)19-10(8)7(3)4/h7-10H,5-6H2,1-4H3/t8-,9-,10-/m0/s1. The lowest BCUT2D eigenvalue weighted by atomic mass is 9.85. The van der Waals surface area contributed by atoms with Crippen molar-refractivity contribution in [3.63, 3.8) is 0 Å². The summed E-state index contributed by atoms with van der Waals surface area (Å²) < 4.78 is 14.9. The van der Waals surface area contributed by atoms with Crippen LogP contribution in [0.2, 0.25) is 0 Å².